The van der Waals surface area contributed by atoms with E-state index in [1.54, 1.807) is 24.3 Å². The summed E-state index contributed by atoms with van der Waals surface area (Å²) < 4.78 is 5.42. The number of aliphatic carboxylic acids is 1. The third-order valence-electron chi connectivity index (χ3n) is 3.66. The summed E-state index contributed by atoms with van der Waals surface area (Å²) in [6.07, 6.45) is 2.20. The van der Waals surface area contributed by atoms with Crippen LogP contribution in [0.15, 0.2) is 30.4 Å². The molecule has 4 atom stereocenters. The number of ether oxygens (including phenoxy) is 1. The summed E-state index contributed by atoms with van der Waals surface area (Å²) in [5, 5.41) is 14.5. The van der Waals surface area contributed by atoms with Crippen molar-refractivity contribution in [3.63, 3.8) is 0 Å². The van der Waals surface area contributed by atoms with E-state index in [-0.39, 0.29) is 0 Å². The van der Waals surface area contributed by atoms with Crippen LogP contribution in [0.3, 0.4) is 0 Å². The molecule has 3 rings (SSSR count). The Labute approximate surface area is 130 Å². The highest BCUT2D eigenvalue weighted by Gasteiger charge is 2.50. The van der Waals surface area contributed by atoms with Gasteiger partial charge in [-0.3, -0.25) is 4.79 Å². The second-order valence-electron chi connectivity index (χ2n) is 4.94. The first kappa shape index (κ1) is 14.4. The van der Waals surface area contributed by atoms with E-state index < -0.39 is 35.9 Å². The first-order valence-electron chi connectivity index (χ1n) is 6.28. The van der Waals surface area contributed by atoms with Crippen molar-refractivity contribution in [3.8, 4) is 0 Å². The first-order chi connectivity index (χ1) is 9.97. The quantitative estimate of drug-likeness (QED) is 0.848. The maximum atomic E-state index is 12.3. The number of carbonyl (C=O) groups excluding carboxylic acids is 2. The zero-order valence-electron chi connectivity index (χ0n) is 10.6. The molecule has 1 aromatic rings. The minimum absolute atomic E-state index is 0.301. The molecule has 2 aliphatic heterocycles. The summed E-state index contributed by atoms with van der Waals surface area (Å²) >= 11 is 11.7. The number of anilines is 1. The van der Waals surface area contributed by atoms with Gasteiger partial charge in [0.15, 0.2) is 0 Å². The number of nitrogens with one attached hydrogen (secondary N) is 1. The minimum Gasteiger partial charge on any atom is -0.550 e. The van der Waals surface area contributed by atoms with Gasteiger partial charge in [0.05, 0.1) is 28.2 Å². The summed E-state index contributed by atoms with van der Waals surface area (Å²) in [7, 11) is 0. The lowest BCUT2D eigenvalue weighted by atomic mass is 9.82. The normalized spacial score (nSPS) is 29.6. The third-order valence-corrected chi connectivity index (χ3v) is 4.40. The summed E-state index contributed by atoms with van der Waals surface area (Å²) in [6.45, 7) is 0. The van der Waals surface area contributed by atoms with Crippen LogP contribution in [0.5, 0.6) is 0 Å². The van der Waals surface area contributed by atoms with Gasteiger partial charge in [0.25, 0.3) is 0 Å². The van der Waals surface area contributed by atoms with E-state index in [0.29, 0.717) is 15.7 Å². The molecule has 0 aliphatic carbocycles. The molecule has 1 saturated heterocycles. The van der Waals surface area contributed by atoms with Gasteiger partial charge in [-0.2, -0.15) is 0 Å². The van der Waals surface area contributed by atoms with E-state index in [9.17, 15) is 14.7 Å². The fourth-order valence-electron chi connectivity index (χ4n) is 2.70. The topological polar surface area (TPSA) is 78.5 Å². The van der Waals surface area contributed by atoms with Crippen LogP contribution in [-0.4, -0.2) is 24.1 Å². The van der Waals surface area contributed by atoms with Gasteiger partial charge >= 0.3 is 0 Å². The van der Waals surface area contributed by atoms with Gasteiger partial charge in [0.1, 0.15) is 0 Å². The fraction of sp³-hybridized carbons (Fsp3) is 0.286. The van der Waals surface area contributed by atoms with E-state index in [4.69, 9.17) is 27.9 Å². The smallest absolute Gasteiger partial charge is 0.231 e. The van der Waals surface area contributed by atoms with Crippen molar-refractivity contribution in [3.05, 3.63) is 40.4 Å². The molecule has 2 aliphatic rings. The molecule has 1 amide bonds. The lowest BCUT2D eigenvalue weighted by molar-refractivity contribution is -0.313. The van der Waals surface area contributed by atoms with Gasteiger partial charge < -0.3 is 20.0 Å². The Bertz CT molecular complexity index is 646. The number of fused-ring (bicyclic) bond motifs is 2. The molecule has 0 radical (unpaired) electrons. The maximum absolute atomic E-state index is 12.3. The summed E-state index contributed by atoms with van der Waals surface area (Å²) in [6, 6.07) is 4.64. The molecule has 110 valence electrons. The van der Waals surface area contributed by atoms with E-state index in [1.165, 1.54) is 6.07 Å². The van der Waals surface area contributed by atoms with Crippen molar-refractivity contribution in [2.45, 2.75) is 12.2 Å². The van der Waals surface area contributed by atoms with Crippen LogP contribution in [0.2, 0.25) is 10.0 Å². The highest BCUT2D eigenvalue weighted by atomic mass is 35.5. The van der Waals surface area contributed by atoms with Gasteiger partial charge in [-0.05, 0) is 18.2 Å². The lowest BCUT2D eigenvalue weighted by Crippen LogP contribution is -2.45. The number of benzene rings is 1. The van der Waals surface area contributed by atoms with E-state index >= 15 is 0 Å². The summed E-state index contributed by atoms with van der Waals surface area (Å²) in [4.78, 5) is 23.5. The van der Waals surface area contributed by atoms with E-state index in [1.807, 2.05) is 0 Å². The van der Waals surface area contributed by atoms with Crippen molar-refractivity contribution < 1.29 is 19.4 Å². The van der Waals surface area contributed by atoms with Crippen LogP contribution in [0, 0.1) is 11.8 Å². The van der Waals surface area contributed by atoms with Crippen molar-refractivity contribution in [1.82, 2.24) is 0 Å². The number of carbonyl (C=O) groups is 2. The number of amides is 1. The van der Waals surface area contributed by atoms with E-state index in [2.05, 4.69) is 5.32 Å². The van der Waals surface area contributed by atoms with Crippen LogP contribution >= 0.6 is 23.2 Å². The molecule has 0 aromatic heterocycles. The number of hydrogen-bond acceptors (Lipinski definition) is 4. The Balaban J connectivity index is 1.80. The third kappa shape index (κ3) is 2.52. The average molecular weight is 327 g/mol. The standard InChI is InChI=1S/C14H11Cl2NO4/c15-7-2-1-6(5-8(7)16)17-13(18)11-9-3-4-10(21-9)12(11)14(19)20/h1-5,9-12H,(H,17,18)(H,19,20)/p-1/t9-,10+,11-,12+/m1/s1. The Hall–Kier alpha value is -1.56. The monoisotopic (exact) mass is 326 g/mol. The van der Waals surface area contributed by atoms with Crippen molar-refractivity contribution >= 4 is 40.8 Å². The number of carboxylic acids is 1. The van der Waals surface area contributed by atoms with Gasteiger partial charge in [0.2, 0.25) is 5.91 Å². The van der Waals surface area contributed by atoms with Crippen molar-refractivity contribution in [2.24, 2.45) is 11.8 Å². The van der Waals surface area contributed by atoms with Crippen molar-refractivity contribution in [2.75, 3.05) is 5.32 Å². The highest BCUT2D eigenvalue weighted by molar-refractivity contribution is 6.42. The predicted octanol–water partition coefficient (Wildman–Crippen LogP) is 1.25. The van der Waals surface area contributed by atoms with Crippen molar-refractivity contribution in [1.29, 1.82) is 0 Å². The Kier molecular flexibility index (Phi) is 3.65. The molecule has 21 heavy (non-hydrogen) atoms. The van der Waals surface area contributed by atoms with Crippen LogP contribution in [-0.2, 0) is 14.3 Å². The minimum atomic E-state index is -1.29. The van der Waals surface area contributed by atoms with Gasteiger partial charge in [-0.25, -0.2) is 0 Å². The van der Waals surface area contributed by atoms with Gasteiger partial charge in [-0.1, -0.05) is 35.4 Å². The molecule has 1 N–H and O–H groups in total. The highest BCUT2D eigenvalue weighted by Crippen LogP contribution is 2.39. The maximum Gasteiger partial charge on any atom is 0.231 e. The number of halogens is 2. The first-order valence-corrected chi connectivity index (χ1v) is 7.03. The molecule has 7 heteroatoms. The van der Waals surface area contributed by atoms with Crippen LogP contribution in [0.4, 0.5) is 5.69 Å². The Morgan fingerprint density at radius 1 is 1.10 bits per heavy atom. The molecule has 0 saturated carbocycles. The van der Waals surface area contributed by atoms with E-state index in [0.717, 1.165) is 0 Å². The predicted molar refractivity (Wildman–Crippen MR) is 74.9 cm³/mol. The molecular formula is C14H10Cl2NO4-. The number of rotatable bonds is 3. The number of hydrogen-bond donors (Lipinski definition) is 1. The van der Waals surface area contributed by atoms with Crippen LogP contribution in [0.25, 0.3) is 0 Å². The molecule has 0 unspecified atom stereocenters. The lowest BCUT2D eigenvalue weighted by Gasteiger charge is -2.25. The SMILES string of the molecule is O=C([O-])[C@@H]1[C@H](C(=O)Nc2ccc(Cl)c(Cl)c2)[C@H]2C=C[C@@H]1O2. The number of carboxylic acid groups (broad SMARTS) is 1. The van der Waals surface area contributed by atoms with Crippen LogP contribution in [0.1, 0.15) is 0 Å². The van der Waals surface area contributed by atoms with Gasteiger partial charge in [-0.15, -0.1) is 0 Å². The van der Waals surface area contributed by atoms with Gasteiger partial charge in [0, 0.05) is 17.6 Å². The molecular weight excluding hydrogens is 317 g/mol. The fourth-order valence-corrected chi connectivity index (χ4v) is 3.00. The summed E-state index contributed by atoms with van der Waals surface area (Å²) in [5.41, 5.74) is 0.443. The molecule has 2 bridgehead atoms. The molecule has 1 aromatic carbocycles. The molecule has 1 fully saturated rings. The Morgan fingerprint density at radius 2 is 1.76 bits per heavy atom. The summed E-state index contributed by atoms with van der Waals surface area (Å²) in [5.74, 6) is -3.54. The molecule has 2 heterocycles. The largest absolute Gasteiger partial charge is 0.550 e. The Morgan fingerprint density at radius 3 is 2.38 bits per heavy atom. The second-order valence-corrected chi connectivity index (χ2v) is 5.75. The second kappa shape index (κ2) is 5.33. The molecule has 0 spiro atoms. The zero-order valence-corrected chi connectivity index (χ0v) is 12.1. The average Bonchev–Trinajstić information content (AvgIpc) is 3.03. The van der Waals surface area contributed by atoms with Crippen LogP contribution < -0.4 is 10.4 Å². The zero-order chi connectivity index (χ0) is 15.1. The molecule has 5 nitrogen and oxygen atoms in total.